The van der Waals surface area contributed by atoms with E-state index in [4.69, 9.17) is 8.83 Å². The Bertz CT molecular complexity index is 608. The van der Waals surface area contributed by atoms with E-state index in [1.807, 2.05) is 24.3 Å². The summed E-state index contributed by atoms with van der Waals surface area (Å²) in [6, 6.07) is 11.5. The number of rotatable bonds is 3. The molecule has 0 aliphatic rings. The maximum atomic E-state index is 5.42. The van der Waals surface area contributed by atoms with Gasteiger partial charge in [0.2, 0.25) is 0 Å². The van der Waals surface area contributed by atoms with Gasteiger partial charge in [-0.1, -0.05) is 12.1 Å². The molecule has 1 N–H and O–H groups in total. The van der Waals surface area contributed by atoms with Crippen molar-refractivity contribution in [1.82, 2.24) is 4.98 Å². The smallest absolute Gasteiger partial charge is 0.316 e. The van der Waals surface area contributed by atoms with E-state index in [1.54, 1.807) is 24.6 Å². The Morgan fingerprint density at radius 1 is 1.18 bits per heavy atom. The van der Waals surface area contributed by atoms with Crippen molar-refractivity contribution >= 4 is 23.3 Å². The first-order valence-corrected chi connectivity index (χ1v) is 5.10. The molecule has 3 rings (SSSR count). The van der Waals surface area contributed by atoms with Crippen molar-refractivity contribution in [3.63, 3.8) is 0 Å². The summed E-state index contributed by atoms with van der Waals surface area (Å²) in [7, 11) is 0. The van der Waals surface area contributed by atoms with E-state index in [-0.39, 0.29) is 0 Å². The summed E-state index contributed by atoms with van der Waals surface area (Å²) in [6.45, 7) is 0. The Morgan fingerprint density at radius 3 is 2.94 bits per heavy atom. The minimum atomic E-state index is 0.356. The van der Waals surface area contributed by atoms with E-state index >= 15 is 0 Å². The van der Waals surface area contributed by atoms with Gasteiger partial charge in [-0.3, -0.25) is 0 Å². The third kappa shape index (κ3) is 2.03. The molecule has 0 amide bonds. The molecule has 0 spiro atoms. The van der Waals surface area contributed by atoms with Gasteiger partial charge in [0.1, 0.15) is 11.3 Å². The van der Waals surface area contributed by atoms with Crippen LogP contribution in [0.2, 0.25) is 0 Å². The van der Waals surface area contributed by atoms with Crippen LogP contribution in [0, 0.1) is 0 Å². The van der Waals surface area contributed by atoms with Crippen LogP contribution in [0.25, 0.3) is 11.1 Å². The Hall–Kier alpha value is -2.56. The highest BCUT2D eigenvalue weighted by Crippen LogP contribution is 2.17. The molecule has 0 saturated carbocycles. The fraction of sp³-hybridized carbons (Fsp3) is 0. The van der Waals surface area contributed by atoms with E-state index in [2.05, 4.69) is 15.5 Å². The zero-order valence-electron chi connectivity index (χ0n) is 8.83. The first kappa shape index (κ1) is 9.65. The molecule has 0 atom stereocenters. The zero-order chi connectivity index (χ0) is 11.5. The molecule has 0 fully saturated rings. The molecule has 0 aliphatic carbocycles. The Balaban J connectivity index is 1.77. The Morgan fingerprint density at radius 2 is 2.12 bits per heavy atom. The van der Waals surface area contributed by atoms with Crippen LogP contribution < -0.4 is 5.43 Å². The maximum Gasteiger partial charge on any atom is 0.316 e. The van der Waals surface area contributed by atoms with Gasteiger partial charge < -0.3 is 8.83 Å². The number of hydrogen-bond donors (Lipinski definition) is 1. The molecule has 3 aromatic rings. The van der Waals surface area contributed by atoms with Crippen LogP contribution in [0.1, 0.15) is 5.76 Å². The molecule has 0 unspecified atom stereocenters. The lowest BCUT2D eigenvalue weighted by Gasteiger charge is -1.89. The second kappa shape index (κ2) is 4.13. The van der Waals surface area contributed by atoms with Crippen LogP contribution in [0.15, 0.2) is 56.6 Å². The quantitative estimate of drug-likeness (QED) is 0.552. The van der Waals surface area contributed by atoms with Gasteiger partial charge in [0.25, 0.3) is 0 Å². The van der Waals surface area contributed by atoms with Crippen molar-refractivity contribution in [2.24, 2.45) is 5.10 Å². The summed E-state index contributed by atoms with van der Waals surface area (Å²) in [5.74, 6) is 0.661. The Labute approximate surface area is 96.8 Å². The van der Waals surface area contributed by atoms with Gasteiger partial charge in [-0.2, -0.15) is 10.1 Å². The highest BCUT2D eigenvalue weighted by molar-refractivity contribution is 5.77. The third-order valence-corrected chi connectivity index (χ3v) is 2.19. The van der Waals surface area contributed by atoms with Gasteiger partial charge in [-0.05, 0) is 24.3 Å². The first-order chi connectivity index (χ1) is 8.42. The van der Waals surface area contributed by atoms with Crippen molar-refractivity contribution in [2.75, 3.05) is 5.43 Å². The number of para-hydroxylation sites is 2. The molecule has 0 bridgehead atoms. The topological polar surface area (TPSA) is 63.6 Å². The van der Waals surface area contributed by atoms with Crippen molar-refractivity contribution in [3.05, 3.63) is 48.4 Å². The van der Waals surface area contributed by atoms with Crippen LogP contribution in [-0.4, -0.2) is 11.2 Å². The summed E-state index contributed by atoms with van der Waals surface area (Å²) < 4.78 is 10.5. The monoisotopic (exact) mass is 227 g/mol. The molecule has 5 nitrogen and oxygen atoms in total. The largest absolute Gasteiger partial charge is 0.463 e. The second-order valence-corrected chi connectivity index (χ2v) is 3.37. The summed E-state index contributed by atoms with van der Waals surface area (Å²) in [6.07, 6.45) is 3.13. The standard InChI is InChI=1S/C12H9N3O2/c1-2-6-11-10(5-1)14-12(17-11)15-13-8-9-4-3-7-16-9/h1-8H,(H,14,15)/b13-8-. The number of furan rings is 1. The lowest BCUT2D eigenvalue weighted by atomic mass is 10.3. The number of aromatic nitrogens is 1. The van der Waals surface area contributed by atoms with Gasteiger partial charge in [-0.15, -0.1) is 0 Å². The molecular formula is C12H9N3O2. The number of oxazole rings is 1. The molecule has 0 saturated heterocycles. The SMILES string of the molecule is C(=N/Nc1nc2ccccc2o1)/c1ccco1. The highest BCUT2D eigenvalue weighted by atomic mass is 16.4. The van der Waals surface area contributed by atoms with Crippen LogP contribution in [0.4, 0.5) is 6.01 Å². The van der Waals surface area contributed by atoms with Crippen LogP contribution >= 0.6 is 0 Å². The van der Waals surface area contributed by atoms with Crippen molar-refractivity contribution in [3.8, 4) is 0 Å². The van der Waals surface area contributed by atoms with Crippen molar-refractivity contribution in [2.45, 2.75) is 0 Å². The number of hydrogen-bond acceptors (Lipinski definition) is 5. The van der Waals surface area contributed by atoms with Crippen LogP contribution in [0.5, 0.6) is 0 Å². The molecule has 0 radical (unpaired) electrons. The molecule has 0 aliphatic heterocycles. The summed E-state index contributed by atoms with van der Waals surface area (Å²) >= 11 is 0. The number of nitrogens with one attached hydrogen (secondary N) is 1. The Kier molecular flexibility index (Phi) is 2.34. The van der Waals surface area contributed by atoms with Crippen molar-refractivity contribution < 1.29 is 8.83 Å². The van der Waals surface area contributed by atoms with Crippen LogP contribution in [-0.2, 0) is 0 Å². The molecule has 2 heterocycles. The average Bonchev–Trinajstić information content (AvgIpc) is 2.96. The highest BCUT2D eigenvalue weighted by Gasteiger charge is 2.02. The van der Waals surface area contributed by atoms with E-state index in [9.17, 15) is 0 Å². The normalized spacial score (nSPS) is 11.3. The molecular weight excluding hydrogens is 218 g/mol. The lowest BCUT2D eigenvalue weighted by Crippen LogP contribution is -1.89. The third-order valence-electron chi connectivity index (χ3n) is 2.19. The number of hydrazone groups is 1. The maximum absolute atomic E-state index is 5.42. The van der Waals surface area contributed by atoms with Gasteiger partial charge in [0, 0.05) is 0 Å². The molecule has 17 heavy (non-hydrogen) atoms. The lowest BCUT2D eigenvalue weighted by molar-refractivity contribution is 0.560. The summed E-state index contributed by atoms with van der Waals surface area (Å²) in [4.78, 5) is 4.21. The number of fused-ring (bicyclic) bond motifs is 1. The minimum Gasteiger partial charge on any atom is -0.463 e. The molecule has 84 valence electrons. The predicted molar refractivity (Wildman–Crippen MR) is 63.9 cm³/mol. The van der Waals surface area contributed by atoms with E-state index in [0.717, 1.165) is 11.1 Å². The minimum absolute atomic E-state index is 0.356. The van der Waals surface area contributed by atoms with Gasteiger partial charge in [0.05, 0.1) is 12.5 Å². The predicted octanol–water partition coefficient (Wildman–Crippen LogP) is 2.87. The number of nitrogens with zero attached hydrogens (tertiary/aromatic N) is 2. The van der Waals surface area contributed by atoms with Crippen molar-refractivity contribution in [1.29, 1.82) is 0 Å². The first-order valence-electron chi connectivity index (χ1n) is 5.10. The van der Waals surface area contributed by atoms with E-state index < -0.39 is 0 Å². The molecule has 2 aromatic heterocycles. The number of benzene rings is 1. The van der Waals surface area contributed by atoms with Gasteiger partial charge in [-0.25, -0.2) is 5.43 Å². The van der Waals surface area contributed by atoms with E-state index in [1.165, 1.54) is 0 Å². The second-order valence-electron chi connectivity index (χ2n) is 3.37. The molecule has 5 heteroatoms. The zero-order valence-corrected chi connectivity index (χ0v) is 8.83. The summed E-state index contributed by atoms with van der Waals surface area (Å²) in [5.41, 5.74) is 4.22. The number of anilines is 1. The summed E-state index contributed by atoms with van der Waals surface area (Å²) in [5, 5.41) is 3.95. The van der Waals surface area contributed by atoms with Crippen LogP contribution in [0.3, 0.4) is 0 Å². The fourth-order valence-corrected chi connectivity index (χ4v) is 1.44. The average molecular weight is 227 g/mol. The fourth-order valence-electron chi connectivity index (χ4n) is 1.44. The van der Waals surface area contributed by atoms with E-state index in [0.29, 0.717) is 11.8 Å². The van der Waals surface area contributed by atoms with Gasteiger partial charge in [0.15, 0.2) is 5.58 Å². The van der Waals surface area contributed by atoms with Gasteiger partial charge >= 0.3 is 6.01 Å². The molecule has 1 aromatic carbocycles.